The zero-order valence-electron chi connectivity index (χ0n) is 9.78. The molecule has 0 saturated carbocycles. The van der Waals surface area contributed by atoms with Crippen LogP contribution in [-0.4, -0.2) is 13.7 Å². The summed E-state index contributed by atoms with van der Waals surface area (Å²) in [5.74, 6) is 0.930. The fourth-order valence-electron chi connectivity index (χ4n) is 1.87. The molecular weight excluding hydrogens is 210 g/mol. The van der Waals surface area contributed by atoms with Crippen molar-refractivity contribution in [1.82, 2.24) is 0 Å². The summed E-state index contributed by atoms with van der Waals surface area (Å²) < 4.78 is 5.43. The monoisotopic (exact) mass is 227 g/mol. The molecule has 0 radical (unpaired) electrons. The van der Waals surface area contributed by atoms with Gasteiger partial charge in [0.2, 0.25) is 0 Å². The van der Waals surface area contributed by atoms with Crippen molar-refractivity contribution >= 4 is 11.6 Å². The fraction of sp³-hybridized carbons (Fsp3) is 0.500. The summed E-state index contributed by atoms with van der Waals surface area (Å²) in [4.78, 5) is 0. The van der Waals surface area contributed by atoms with Crippen molar-refractivity contribution in [3.8, 4) is 5.75 Å². The van der Waals surface area contributed by atoms with E-state index in [1.54, 1.807) is 7.11 Å². The Labute approximate surface area is 96.4 Å². The second-order valence-corrected chi connectivity index (χ2v) is 4.12. The highest BCUT2D eigenvalue weighted by molar-refractivity contribution is 6.32. The minimum atomic E-state index is 0.607. The summed E-state index contributed by atoms with van der Waals surface area (Å²) in [6.45, 7) is 6.66. The van der Waals surface area contributed by atoms with Gasteiger partial charge >= 0.3 is 0 Å². The molecule has 1 rings (SSSR count). The minimum Gasteiger partial charge on any atom is -0.496 e. The van der Waals surface area contributed by atoms with Crippen molar-refractivity contribution in [1.29, 1.82) is 0 Å². The first-order chi connectivity index (χ1) is 7.04. The van der Waals surface area contributed by atoms with E-state index < -0.39 is 0 Å². The van der Waals surface area contributed by atoms with E-state index in [0.717, 1.165) is 39.4 Å². The summed E-state index contributed by atoms with van der Waals surface area (Å²) in [5.41, 5.74) is 10.0. The van der Waals surface area contributed by atoms with Crippen LogP contribution >= 0.6 is 11.6 Å². The Morgan fingerprint density at radius 3 is 2.20 bits per heavy atom. The molecular formula is C12H18ClNO. The van der Waals surface area contributed by atoms with Crippen LogP contribution in [-0.2, 0) is 6.42 Å². The molecule has 2 N–H and O–H groups in total. The van der Waals surface area contributed by atoms with Crippen molar-refractivity contribution in [3.63, 3.8) is 0 Å². The van der Waals surface area contributed by atoms with Gasteiger partial charge in [-0.2, -0.15) is 0 Å². The molecule has 3 heteroatoms. The molecule has 0 spiro atoms. The van der Waals surface area contributed by atoms with E-state index in [2.05, 4.69) is 0 Å². The Balaban J connectivity index is 3.47. The lowest BCUT2D eigenvalue weighted by molar-refractivity contribution is 0.405. The average molecular weight is 228 g/mol. The molecule has 0 aromatic heterocycles. The van der Waals surface area contributed by atoms with Gasteiger partial charge in [0, 0.05) is 10.6 Å². The lowest BCUT2D eigenvalue weighted by Crippen LogP contribution is -2.08. The van der Waals surface area contributed by atoms with Gasteiger partial charge in [-0.05, 0) is 50.4 Å². The standard InChI is InChI=1S/C12H18ClNO/c1-7-8(2)12(15-4)10(5-6-14)9(3)11(7)13/h5-6,14H2,1-4H3. The highest BCUT2D eigenvalue weighted by Crippen LogP contribution is 2.35. The fourth-order valence-corrected chi connectivity index (χ4v) is 2.12. The number of rotatable bonds is 3. The molecule has 0 unspecified atom stereocenters. The largest absolute Gasteiger partial charge is 0.496 e. The third-order valence-electron chi connectivity index (χ3n) is 2.89. The molecule has 0 aliphatic rings. The van der Waals surface area contributed by atoms with E-state index in [0.29, 0.717) is 6.54 Å². The third-order valence-corrected chi connectivity index (χ3v) is 3.45. The van der Waals surface area contributed by atoms with Crippen LogP contribution in [0.4, 0.5) is 0 Å². The van der Waals surface area contributed by atoms with Crippen LogP contribution < -0.4 is 10.5 Å². The molecule has 0 aliphatic carbocycles. The maximum Gasteiger partial charge on any atom is 0.125 e. The summed E-state index contributed by atoms with van der Waals surface area (Å²) >= 11 is 6.26. The summed E-state index contributed by atoms with van der Waals surface area (Å²) in [6.07, 6.45) is 0.801. The smallest absolute Gasteiger partial charge is 0.125 e. The third kappa shape index (κ3) is 2.11. The van der Waals surface area contributed by atoms with E-state index in [4.69, 9.17) is 22.1 Å². The molecule has 1 aromatic carbocycles. The van der Waals surface area contributed by atoms with Gasteiger partial charge in [0.05, 0.1) is 7.11 Å². The Morgan fingerprint density at radius 2 is 1.73 bits per heavy atom. The Hall–Kier alpha value is -0.730. The van der Waals surface area contributed by atoms with E-state index in [-0.39, 0.29) is 0 Å². The lowest BCUT2D eigenvalue weighted by atomic mass is 9.97. The molecule has 0 saturated heterocycles. The van der Waals surface area contributed by atoms with Gasteiger partial charge in [0.1, 0.15) is 5.75 Å². The lowest BCUT2D eigenvalue weighted by Gasteiger charge is -2.18. The predicted octanol–water partition coefficient (Wildman–Crippen LogP) is 2.78. The first-order valence-electron chi connectivity index (χ1n) is 5.06. The highest BCUT2D eigenvalue weighted by atomic mass is 35.5. The van der Waals surface area contributed by atoms with Crippen LogP contribution in [0.15, 0.2) is 0 Å². The zero-order valence-corrected chi connectivity index (χ0v) is 10.5. The predicted molar refractivity (Wildman–Crippen MR) is 65.0 cm³/mol. The Morgan fingerprint density at radius 1 is 1.13 bits per heavy atom. The zero-order chi connectivity index (χ0) is 11.6. The van der Waals surface area contributed by atoms with Crippen LogP contribution in [0, 0.1) is 20.8 Å². The minimum absolute atomic E-state index is 0.607. The van der Waals surface area contributed by atoms with E-state index in [1.165, 1.54) is 0 Å². The van der Waals surface area contributed by atoms with Crippen LogP contribution in [0.25, 0.3) is 0 Å². The molecule has 0 heterocycles. The molecule has 0 aliphatic heterocycles. The van der Waals surface area contributed by atoms with Crippen molar-refractivity contribution in [2.75, 3.05) is 13.7 Å². The van der Waals surface area contributed by atoms with Gasteiger partial charge in [0.15, 0.2) is 0 Å². The number of halogens is 1. The second kappa shape index (κ2) is 4.86. The summed E-state index contributed by atoms with van der Waals surface area (Å²) in [5, 5.41) is 0.830. The van der Waals surface area contributed by atoms with Crippen LogP contribution in [0.5, 0.6) is 5.75 Å². The van der Waals surface area contributed by atoms with Gasteiger partial charge in [0.25, 0.3) is 0 Å². The Kier molecular flexibility index (Phi) is 4.00. The van der Waals surface area contributed by atoms with Gasteiger partial charge in [-0.1, -0.05) is 11.6 Å². The van der Waals surface area contributed by atoms with Gasteiger partial charge < -0.3 is 10.5 Å². The normalized spacial score (nSPS) is 10.5. The number of hydrogen-bond acceptors (Lipinski definition) is 2. The maximum atomic E-state index is 6.26. The SMILES string of the molecule is COc1c(C)c(C)c(Cl)c(C)c1CCN. The van der Waals surface area contributed by atoms with Crippen molar-refractivity contribution in [2.45, 2.75) is 27.2 Å². The Bertz CT molecular complexity index is 375. The second-order valence-electron chi connectivity index (χ2n) is 3.74. The quantitative estimate of drug-likeness (QED) is 0.862. The van der Waals surface area contributed by atoms with Gasteiger partial charge in [-0.15, -0.1) is 0 Å². The van der Waals surface area contributed by atoms with Crippen LogP contribution in [0.1, 0.15) is 22.3 Å². The van der Waals surface area contributed by atoms with E-state index in [1.807, 2.05) is 20.8 Å². The number of nitrogens with two attached hydrogens (primary N) is 1. The highest BCUT2D eigenvalue weighted by Gasteiger charge is 2.15. The molecule has 15 heavy (non-hydrogen) atoms. The summed E-state index contributed by atoms with van der Waals surface area (Å²) in [6, 6.07) is 0. The number of ether oxygens (including phenoxy) is 1. The molecule has 0 amide bonds. The summed E-state index contributed by atoms with van der Waals surface area (Å²) in [7, 11) is 1.69. The van der Waals surface area contributed by atoms with E-state index in [9.17, 15) is 0 Å². The first kappa shape index (κ1) is 12.3. The number of hydrogen-bond donors (Lipinski definition) is 1. The number of methoxy groups -OCH3 is 1. The van der Waals surface area contributed by atoms with Crippen LogP contribution in [0.2, 0.25) is 5.02 Å². The molecule has 0 atom stereocenters. The topological polar surface area (TPSA) is 35.2 Å². The van der Waals surface area contributed by atoms with Crippen molar-refractivity contribution in [2.24, 2.45) is 5.73 Å². The molecule has 2 nitrogen and oxygen atoms in total. The van der Waals surface area contributed by atoms with Gasteiger partial charge in [-0.3, -0.25) is 0 Å². The molecule has 84 valence electrons. The van der Waals surface area contributed by atoms with E-state index >= 15 is 0 Å². The molecule has 0 bridgehead atoms. The maximum absolute atomic E-state index is 6.26. The van der Waals surface area contributed by atoms with Crippen LogP contribution in [0.3, 0.4) is 0 Å². The molecule has 0 fully saturated rings. The van der Waals surface area contributed by atoms with Gasteiger partial charge in [-0.25, -0.2) is 0 Å². The van der Waals surface area contributed by atoms with Crippen molar-refractivity contribution in [3.05, 3.63) is 27.3 Å². The average Bonchev–Trinajstić information content (AvgIpc) is 2.24. The first-order valence-corrected chi connectivity index (χ1v) is 5.44. The van der Waals surface area contributed by atoms with Crippen molar-refractivity contribution < 1.29 is 4.74 Å². The number of benzene rings is 1. The molecule has 1 aromatic rings.